The van der Waals surface area contributed by atoms with E-state index in [1.807, 2.05) is 0 Å². The first-order valence-corrected chi connectivity index (χ1v) is 43.4. The molecule has 125 heavy (non-hydrogen) atoms. The van der Waals surface area contributed by atoms with E-state index in [9.17, 15) is 91.1 Å². The third kappa shape index (κ3) is 36.8. The molecule has 22 N–H and O–H groups in total. The second-order valence-electron chi connectivity index (χ2n) is 33.2. The Bertz CT molecular complexity index is 4470. The number of aromatic nitrogens is 1. The Balaban J connectivity index is 1.37. The minimum absolute atomic E-state index is 0.0130. The molecule has 0 unspecified atom stereocenters. The quantitative estimate of drug-likeness (QED) is 0.0156. The number of nitrogens with two attached hydrogens (primary N) is 4. The molecule has 1 saturated heterocycles. The summed E-state index contributed by atoms with van der Waals surface area (Å²) in [4.78, 5) is 248. The lowest BCUT2D eigenvalue weighted by Crippen LogP contribution is -2.61. The number of anilines is 1. The monoisotopic (exact) mass is 1770 g/mol. The number of nitrogens with zero attached hydrogens (tertiary/aromatic N) is 2. The number of hydrogen-bond acceptors (Lipinski definition) is 24. The molecule has 3 aromatic carbocycles. The number of aromatic amines is 1. The summed E-state index contributed by atoms with van der Waals surface area (Å²) >= 11 is 0. The van der Waals surface area contributed by atoms with Gasteiger partial charge in [0.2, 0.25) is 82.4 Å². The van der Waals surface area contributed by atoms with Crippen LogP contribution in [0.2, 0.25) is 0 Å². The summed E-state index contributed by atoms with van der Waals surface area (Å²) in [5.41, 5.74) is 22.4. The van der Waals surface area contributed by atoms with E-state index in [-0.39, 0.29) is 68.6 Å². The van der Waals surface area contributed by atoms with E-state index >= 15 is 0 Å². The number of nitrogens with one attached hydrogen (secondary N) is 12. The molecule has 0 aliphatic carbocycles. The van der Waals surface area contributed by atoms with Crippen LogP contribution in [0.1, 0.15) is 176 Å². The van der Waals surface area contributed by atoms with Gasteiger partial charge < -0.3 is 105 Å². The summed E-state index contributed by atoms with van der Waals surface area (Å²) in [7, 11) is -5.06. The maximum atomic E-state index is 15.0. The maximum absolute atomic E-state index is 15.0. The summed E-state index contributed by atoms with van der Waals surface area (Å²) in [6.45, 7) is 17.4. The fourth-order valence-corrected chi connectivity index (χ4v) is 13.9. The summed E-state index contributed by atoms with van der Waals surface area (Å²) < 4.78 is 27.4. The fourth-order valence-electron chi connectivity index (χ4n) is 13.5. The molecule has 40 nitrogen and oxygen atoms in total. The molecule has 1 fully saturated rings. The van der Waals surface area contributed by atoms with Crippen LogP contribution in [0.3, 0.4) is 0 Å². The average Bonchev–Trinajstić information content (AvgIpc) is 1.81. The van der Waals surface area contributed by atoms with Crippen LogP contribution in [0.25, 0.3) is 10.9 Å². The van der Waals surface area contributed by atoms with E-state index in [0.717, 1.165) is 4.90 Å². The van der Waals surface area contributed by atoms with Crippen molar-refractivity contribution in [2.24, 2.45) is 28.9 Å². The first-order chi connectivity index (χ1) is 58.7. The van der Waals surface area contributed by atoms with Crippen LogP contribution in [0.15, 0.2) is 83.7 Å². The minimum atomic E-state index is -5.06. The SMILES string of the molecule is CC[C@H](C)[C@H](NC(=O)[C@H](CC(=O)Nc1ccc2c(C)cc(=O)[nH]c2c1)NC(=O)CN(CC(=O)OC(C)(C)C)CC(=O)OC(C)(C)C)C(=O)N[C@@H](Cc1ccc(OP(=O)(O)O)cc1)C(=O)N[C@@H](C)C(=O)N[C@@H](C)C(=O)N1CCC[C@H]1C(=O)N[C@@H](Cc1ccccc1)C(=O)N[C@@H](C)C(=O)N[C@@H](CCCCN)C(=O)N[C@@H](CCCCN)C(=O)N[C@@H](CCCCN)C(N)=O. The minimum Gasteiger partial charge on any atom is -0.459 e. The smallest absolute Gasteiger partial charge is 0.459 e. The average molecular weight is 1770 g/mol. The van der Waals surface area contributed by atoms with Crippen molar-refractivity contribution in [3.05, 3.63) is 106 Å². The number of phosphoric ester groups is 1. The van der Waals surface area contributed by atoms with Crippen LogP contribution in [0.5, 0.6) is 5.75 Å². The highest BCUT2D eigenvalue weighted by atomic mass is 31.2. The van der Waals surface area contributed by atoms with Gasteiger partial charge >= 0.3 is 19.8 Å². The van der Waals surface area contributed by atoms with Crippen LogP contribution >= 0.6 is 7.82 Å². The molecule has 1 aliphatic heterocycles. The number of carbonyl (C=O) groups is 15. The van der Waals surface area contributed by atoms with E-state index < -0.39 is 218 Å². The van der Waals surface area contributed by atoms with Gasteiger partial charge in [-0.15, -0.1) is 0 Å². The highest BCUT2D eigenvalue weighted by Crippen LogP contribution is 2.37. The molecule has 13 amide bonds. The number of esters is 2. The molecule has 5 rings (SSSR count). The van der Waals surface area contributed by atoms with Crippen molar-refractivity contribution in [3.8, 4) is 5.75 Å². The molecular formula is C84H127N18O22P. The lowest BCUT2D eigenvalue weighted by molar-refractivity contribution is -0.160. The number of unbranched alkanes of at least 4 members (excludes halogenated alkanes) is 3. The number of ether oxygens (including phenoxy) is 2. The van der Waals surface area contributed by atoms with Crippen molar-refractivity contribution >= 4 is 113 Å². The van der Waals surface area contributed by atoms with Crippen LogP contribution in [0.4, 0.5) is 5.69 Å². The summed E-state index contributed by atoms with van der Waals surface area (Å²) in [6.07, 6.45) is 2.37. The molecule has 690 valence electrons. The number of likely N-dealkylation sites (tertiary alicyclic amines) is 1. The number of aryl methyl sites for hydroxylation is 1. The third-order valence-corrected chi connectivity index (χ3v) is 20.5. The predicted molar refractivity (Wildman–Crippen MR) is 462 cm³/mol. The lowest BCUT2D eigenvalue weighted by atomic mass is 9.96. The molecule has 0 saturated carbocycles. The zero-order chi connectivity index (χ0) is 93.2. The number of amides is 13. The Hall–Kier alpha value is -11.3. The normalized spacial score (nSPS) is 15.5. The Labute approximate surface area is 726 Å². The van der Waals surface area contributed by atoms with Crippen molar-refractivity contribution in [1.29, 1.82) is 0 Å². The van der Waals surface area contributed by atoms with Crippen molar-refractivity contribution < 1.29 is 100 Å². The van der Waals surface area contributed by atoms with Gasteiger partial charge in [0.1, 0.15) is 83.4 Å². The number of phosphoric acid groups is 1. The van der Waals surface area contributed by atoms with Crippen LogP contribution < -0.4 is 91.5 Å². The predicted octanol–water partition coefficient (Wildman–Crippen LogP) is -0.0755. The van der Waals surface area contributed by atoms with E-state index in [4.69, 9.17) is 36.9 Å². The first kappa shape index (κ1) is 104. The number of primary amides is 1. The van der Waals surface area contributed by atoms with Crippen molar-refractivity contribution in [2.45, 2.75) is 257 Å². The highest BCUT2D eigenvalue weighted by Gasteiger charge is 2.41. The van der Waals surface area contributed by atoms with Crippen LogP contribution in [-0.2, 0) is 98.8 Å². The first-order valence-electron chi connectivity index (χ1n) is 41.9. The van der Waals surface area contributed by atoms with Gasteiger partial charge in [-0.3, -0.25) is 91.4 Å². The number of H-pyrrole nitrogens is 1. The van der Waals surface area contributed by atoms with E-state index in [1.54, 1.807) is 98.7 Å². The molecule has 0 spiro atoms. The summed E-state index contributed by atoms with van der Waals surface area (Å²) in [5.74, 6) is -14.1. The molecule has 41 heteroatoms. The zero-order valence-electron chi connectivity index (χ0n) is 73.2. The number of carbonyl (C=O) groups excluding carboxylic acids is 15. The van der Waals surface area contributed by atoms with Crippen LogP contribution in [0, 0.1) is 12.8 Å². The summed E-state index contributed by atoms with van der Waals surface area (Å²) in [5, 5.41) is 29.6. The highest BCUT2D eigenvalue weighted by molar-refractivity contribution is 7.46. The summed E-state index contributed by atoms with van der Waals surface area (Å²) in [6, 6.07) is 4.13. The van der Waals surface area contributed by atoms with Crippen molar-refractivity contribution in [2.75, 3.05) is 51.1 Å². The largest absolute Gasteiger partial charge is 0.524 e. The number of rotatable bonds is 50. The molecule has 1 aromatic heterocycles. The Morgan fingerprint density at radius 3 is 1.53 bits per heavy atom. The molecule has 0 bridgehead atoms. The molecular weight excluding hydrogens is 1640 g/mol. The second-order valence-corrected chi connectivity index (χ2v) is 34.4. The second kappa shape index (κ2) is 50.0. The van der Waals surface area contributed by atoms with Crippen LogP contribution in [-0.4, -0.2) is 237 Å². The van der Waals surface area contributed by atoms with E-state index in [1.165, 1.54) is 68.1 Å². The van der Waals surface area contributed by atoms with Gasteiger partial charge in [0.15, 0.2) is 0 Å². The lowest BCUT2D eigenvalue weighted by Gasteiger charge is -2.30. The van der Waals surface area contributed by atoms with Gasteiger partial charge in [0, 0.05) is 36.5 Å². The Kier molecular flexibility index (Phi) is 41.7. The molecule has 0 radical (unpaired) electrons. The number of pyridine rings is 1. The van der Waals surface area contributed by atoms with Gasteiger partial charge in [0.25, 0.3) is 0 Å². The maximum Gasteiger partial charge on any atom is 0.524 e. The topological polar surface area (TPSA) is 617 Å². The zero-order valence-corrected chi connectivity index (χ0v) is 74.1. The number of benzene rings is 3. The molecule has 1 aliphatic rings. The molecule has 4 aromatic rings. The number of fused-ring (bicyclic) bond motifs is 1. The molecule has 2 heterocycles. The van der Waals surface area contributed by atoms with E-state index in [2.05, 4.69) is 63.5 Å². The Morgan fingerprint density at radius 2 is 1.02 bits per heavy atom. The standard InChI is InChI=1S/C84H127N18O22P/c1-13-48(2)71(100-79(115)64(44-67(104)92-55-32-35-57-49(3)40-66(103)93-61(57)43-55)94-68(105)45-101(46-69(106)122-83(7,8)9)47-70(107)123-84(10,11)12)81(117)99-63(42-54-30-33-56(34-31-54)124-125(119,120)121)78(114)89-50(4)73(109)91-52(6)82(118)102-39-23-29-65(102)80(116)98-62(41-53-24-15-14-16-25-53)77(113)90-51(5)74(110)96-59(27-18-21-37-86)76(112)97-60(28-19-22-38-87)75(111)95-58(72(88)108)26-17-20-36-85/h14-16,24-25,30-35,40,43,48,50-52,58-60,62-65,71H,13,17-23,26-29,36-39,41-42,44-47,85-87H2,1-12H3,(H2,88,108)(H,89,114)(H,90,113)(H,91,109)(H,92,104)(H,93,103)(H,94,105)(H,95,111)(H,96,110)(H,97,112)(H,98,116)(H,99,117)(H,100,115)(H2,119,120,121)/t48-,50-,51-,52-,58-,59-,60-,62-,63-,64-,65-,71-/m0/s1. The number of hydrogen-bond donors (Lipinski definition) is 18. The fraction of sp³-hybridized carbons (Fsp3) is 0.571. The van der Waals surface area contributed by atoms with Gasteiger partial charge in [-0.1, -0.05) is 68.8 Å². The Morgan fingerprint density at radius 1 is 0.544 bits per heavy atom. The van der Waals surface area contributed by atoms with E-state index in [0.29, 0.717) is 80.1 Å². The van der Waals surface area contributed by atoms with Gasteiger partial charge in [-0.05, 0) is 206 Å². The van der Waals surface area contributed by atoms with Gasteiger partial charge in [0.05, 0.1) is 31.6 Å². The molecule has 12 atom stereocenters. The van der Waals surface area contributed by atoms with Gasteiger partial charge in [-0.25, -0.2) is 4.57 Å². The van der Waals surface area contributed by atoms with Crippen molar-refractivity contribution in [1.82, 2.24) is 68.0 Å². The third-order valence-electron chi connectivity index (χ3n) is 20.1. The van der Waals surface area contributed by atoms with Crippen molar-refractivity contribution in [3.63, 3.8) is 0 Å². The van der Waals surface area contributed by atoms with Gasteiger partial charge in [-0.2, -0.15) is 0 Å².